The lowest BCUT2D eigenvalue weighted by atomic mass is 10.3. The van der Waals surface area contributed by atoms with Gasteiger partial charge in [0.2, 0.25) is 0 Å². The second-order valence-corrected chi connectivity index (χ2v) is 4.70. The zero-order valence-electron chi connectivity index (χ0n) is 9.11. The van der Waals surface area contributed by atoms with E-state index in [0.717, 1.165) is 0 Å². The van der Waals surface area contributed by atoms with Crippen LogP contribution in [0, 0.1) is 0 Å². The van der Waals surface area contributed by atoms with E-state index in [0.29, 0.717) is 27.3 Å². The Bertz CT molecular complexity index is 572. The third-order valence-corrected chi connectivity index (χ3v) is 3.81. The van der Waals surface area contributed by atoms with Gasteiger partial charge in [0.05, 0.1) is 9.92 Å². The van der Waals surface area contributed by atoms with E-state index in [1.165, 1.54) is 16.3 Å². The molecule has 0 spiro atoms. The van der Waals surface area contributed by atoms with Gasteiger partial charge in [-0.2, -0.15) is 0 Å². The summed E-state index contributed by atoms with van der Waals surface area (Å²) in [6.07, 6.45) is 0. The summed E-state index contributed by atoms with van der Waals surface area (Å²) in [4.78, 5) is 12.1. The molecule has 0 aliphatic carbocycles. The molecule has 0 saturated carbocycles. The van der Waals surface area contributed by atoms with Crippen LogP contribution in [0.4, 0.5) is 5.69 Å². The quantitative estimate of drug-likeness (QED) is 0.836. The smallest absolute Gasteiger partial charge is 0.343 e. The maximum absolute atomic E-state index is 11.4. The summed E-state index contributed by atoms with van der Waals surface area (Å²) in [5.74, 6) is 0. The predicted molar refractivity (Wildman–Crippen MR) is 68.5 cm³/mol. The highest BCUT2D eigenvalue weighted by Crippen LogP contribution is 2.35. The maximum atomic E-state index is 11.4. The molecule has 0 bridgehead atoms. The number of anilines is 1. The number of hydrogen-bond acceptors (Lipinski definition) is 4. The van der Waals surface area contributed by atoms with Gasteiger partial charge in [-0.25, -0.2) is 9.89 Å². The highest BCUT2D eigenvalue weighted by Gasteiger charge is 2.12. The number of nitrogens with two attached hydrogens (primary N) is 1. The van der Waals surface area contributed by atoms with E-state index < -0.39 is 0 Å². The molecule has 0 unspecified atom stereocenters. The van der Waals surface area contributed by atoms with Gasteiger partial charge >= 0.3 is 5.69 Å². The largest absolute Gasteiger partial charge is 0.398 e. The first-order chi connectivity index (χ1) is 8.13. The zero-order chi connectivity index (χ0) is 12.4. The van der Waals surface area contributed by atoms with Gasteiger partial charge in [0.15, 0.2) is 5.16 Å². The zero-order valence-corrected chi connectivity index (χ0v) is 10.7. The second-order valence-electron chi connectivity index (χ2n) is 3.32. The van der Waals surface area contributed by atoms with Crippen LogP contribution in [0.1, 0.15) is 6.92 Å². The number of aromatic nitrogens is 3. The summed E-state index contributed by atoms with van der Waals surface area (Å²) < 4.78 is 1.52. The van der Waals surface area contributed by atoms with Gasteiger partial charge in [0.25, 0.3) is 0 Å². The van der Waals surface area contributed by atoms with Crippen LogP contribution < -0.4 is 11.4 Å². The Hall–Kier alpha value is -1.40. The molecule has 0 saturated heterocycles. The summed E-state index contributed by atoms with van der Waals surface area (Å²) in [7, 11) is 0. The van der Waals surface area contributed by atoms with Crippen molar-refractivity contribution in [3.05, 3.63) is 33.7 Å². The van der Waals surface area contributed by atoms with Gasteiger partial charge in [0, 0.05) is 12.2 Å². The molecule has 17 heavy (non-hydrogen) atoms. The molecule has 0 aliphatic rings. The van der Waals surface area contributed by atoms with Crippen molar-refractivity contribution in [3.8, 4) is 0 Å². The molecular weight excluding hydrogens is 260 g/mol. The molecule has 0 radical (unpaired) electrons. The Morgan fingerprint density at radius 2 is 2.35 bits per heavy atom. The summed E-state index contributed by atoms with van der Waals surface area (Å²) in [5.41, 5.74) is 6.17. The van der Waals surface area contributed by atoms with Crippen LogP contribution in [0.15, 0.2) is 33.0 Å². The first-order valence-electron chi connectivity index (χ1n) is 5.00. The SMILES string of the molecule is CCn1c(Sc2c(N)cccc2Cl)n[nH]c1=O. The third-order valence-electron chi connectivity index (χ3n) is 2.23. The number of nitrogens with one attached hydrogen (secondary N) is 1. The molecule has 0 amide bonds. The number of rotatable bonds is 3. The fourth-order valence-electron chi connectivity index (χ4n) is 1.38. The van der Waals surface area contributed by atoms with Gasteiger partial charge in [-0.3, -0.25) is 4.57 Å². The van der Waals surface area contributed by atoms with Crippen LogP contribution in [0.3, 0.4) is 0 Å². The van der Waals surface area contributed by atoms with Crippen LogP contribution in [-0.2, 0) is 6.54 Å². The van der Waals surface area contributed by atoms with Gasteiger partial charge in [-0.15, -0.1) is 5.10 Å². The topological polar surface area (TPSA) is 76.7 Å². The molecule has 90 valence electrons. The number of aromatic amines is 1. The van der Waals surface area contributed by atoms with Crippen molar-refractivity contribution in [2.75, 3.05) is 5.73 Å². The van der Waals surface area contributed by atoms with Crippen molar-refractivity contribution in [1.29, 1.82) is 0 Å². The van der Waals surface area contributed by atoms with Crippen LogP contribution in [0.25, 0.3) is 0 Å². The second kappa shape index (κ2) is 4.85. The van der Waals surface area contributed by atoms with Gasteiger partial charge in [0.1, 0.15) is 0 Å². The lowest BCUT2D eigenvalue weighted by Gasteiger charge is -2.06. The van der Waals surface area contributed by atoms with Crippen LogP contribution >= 0.6 is 23.4 Å². The van der Waals surface area contributed by atoms with Crippen LogP contribution in [-0.4, -0.2) is 14.8 Å². The summed E-state index contributed by atoms with van der Waals surface area (Å²) >= 11 is 7.33. The molecule has 1 aromatic carbocycles. The number of halogens is 1. The molecule has 1 aromatic heterocycles. The first kappa shape index (κ1) is 12.1. The van der Waals surface area contributed by atoms with E-state index in [9.17, 15) is 4.79 Å². The standard InChI is InChI=1S/C10H11ClN4OS/c1-2-15-9(16)13-14-10(15)17-8-6(11)4-3-5-7(8)12/h3-5H,2,12H2,1H3,(H,13,16). The fourth-order valence-corrected chi connectivity index (χ4v) is 2.63. The molecule has 0 atom stereocenters. The molecular formula is C10H11ClN4OS. The predicted octanol–water partition coefficient (Wildman–Crippen LogP) is 1.98. The van der Waals surface area contributed by atoms with E-state index in [-0.39, 0.29) is 5.69 Å². The van der Waals surface area contributed by atoms with Crippen molar-refractivity contribution in [1.82, 2.24) is 14.8 Å². The minimum absolute atomic E-state index is 0.236. The number of benzene rings is 1. The van der Waals surface area contributed by atoms with E-state index in [2.05, 4.69) is 10.2 Å². The van der Waals surface area contributed by atoms with Gasteiger partial charge < -0.3 is 5.73 Å². The Labute approximate surface area is 107 Å². The molecule has 3 N–H and O–H groups in total. The molecule has 2 aromatic rings. The van der Waals surface area contributed by atoms with Gasteiger partial charge in [-0.1, -0.05) is 17.7 Å². The maximum Gasteiger partial charge on any atom is 0.343 e. The van der Waals surface area contributed by atoms with E-state index in [1.54, 1.807) is 18.2 Å². The van der Waals surface area contributed by atoms with Crippen molar-refractivity contribution in [2.24, 2.45) is 0 Å². The Morgan fingerprint density at radius 3 is 3.00 bits per heavy atom. The monoisotopic (exact) mass is 270 g/mol. The Kier molecular flexibility index (Phi) is 3.44. The number of nitrogens with zero attached hydrogens (tertiary/aromatic N) is 2. The van der Waals surface area contributed by atoms with Crippen molar-refractivity contribution in [2.45, 2.75) is 23.5 Å². The number of hydrogen-bond donors (Lipinski definition) is 2. The Balaban J connectivity index is 2.41. The fraction of sp³-hybridized carbons (Fsp3) is 0.200. The van der Waals surface area contributed by atoms with E-state index >= 15 is 0 Å². The molecule has 0 fully saturated rings. The highest BCUT2D eigenvalue weighted by molar-refractivity contribution is 7.99. The summed E-state index contributed by atoms with van der Waals surface area (Å²) in [5, 5.41) is 7.44. The molecule has 1 heterocycles. The lowest BCUT2D eigenvalue weighted by molar-refractivity contribution is 0.660. The van der Waals surface area contributed by atoms with Crippen LogP contribution in [0.2, 0.25) is 5.02 Å². The van der Waals surface area contributed by atoms with Crippen molar-refractivity contribution in [3.63, 3.8) is 0 Å². The number of H-pyrrole nitrogens is 1. The highest BCUT2D eigenvalue weighted by atomic mass is 35.5. The third kappa shape index (κ3) is 2.32. The minimum Gasteiger partial charge on any atom is -0.398 e. The van der Waals surface area contributed by atoms with Crippen LogP contribution in [0.5, 0.6) is 0 Å². The van der Waals surface area contributed by atoms with E-state index in [1.807, 2.05) is 6.92 Å². The Morgan fingerprint density at radius 1 is 1.59 bits per heavy atom. The molecule has 2 rings (SSSR count). The number of nitrogen functional groups attached to an aromatic ring is 1. The summed E-state index contributed by atoms with van der Waals surface area (Å²) in [6.45, 7) is 2.42. The average Bonchev–Trinajstić information content (AvgIpc) is 2.64. The van der Waals surface area contributed by atoms with Crippen molar-refractivity contribution >= 4 is 29.1 Å². The van der Waals surface area contributed by atoms with Gasteiger partial charge in [-0.05, 0) is 30.8 Å². The van der Waals surface area contributed by atoms with E-state index in [4.69, 9.17) is 17.3 Å². The summed E-state index contributed by atoms with van der Waals surface area (Å²) in [6, 6.07) is 5.29. The van der Waals surface area contributed by atoms with Crippen molar-refractivity contribution < 1.29 is 0 Å². The minimum atomic E-state index is -0.236. The molecule has 7 heteroatoms. The lowest BCUT2D eigenvalue weighted by Crippen LogP contribution is -2.16. The first-order valence-corrected chi connectivity index (χ1v) is 6.20. The molecule has 5 nitrogen and oxygen atoms in total. The molecule has 0 aliphatic heterocycles. The normalized spacial score (nSPS) is 10.7. The average molecular weight is 271 g/mol.